The number of carbonyl (C=O) groups is 2. The molecular weight excluding hydrogens is 430 g/mol. The van der Waals surface area contributed by atoms with Crippen LogP contribution in [-0.4, -0.2) is 17.6 Å². The topological polar surface area (TPSA) is 82.0 Å². The summed E-state index contributed by atoms with van der Waals surface area (Å²) >= 11 is 7.64. The fourth-order valence-corrected chi connectivity index (χ4v) is 3.39. The standard InChI is InChI=1S/C24H18ClN3O2S/c25-21-9-5-4-8-18(21)16-22(28-23(29)17-6-2-1-3-7-17)24(30)27-19-10-12-20(13-11-19)31-15-14-26/h1-13,16H,15H2,(H,27,30)(H,28,29)/b22-16-. The van der Waals surface area contributed by atoms with Gasteiger partial charge in [0, 0.05) is 21.2 Å². The minimum atomic E-state index is -0.485. The molecule has 0 spiro atoms. The number of thioether (sulfide) groups is 1. The van der Waals surface area contributed by atoms with Crippen molar-refractivity contribution in [1.82, 2.24) is 5.32 Å². The molecule has 0 aliphatic carbocycles. The lowest BCUT2D eigenvalue weighted by Gasteiger charge is -2.12. The molecule has 31 heavy (non-hydrogen) atoms. The van der Waals surface area contributed by atoms with Crippen LogP contribution in [0.15, 0.2) is 89.5 Å². The first-order valence-electron chi connectivity index (χ1n) is 9.30. The Morgan fingerprint density at radius 3 is 2.32 bits per heavy atom. The predicted octanol–water partition coefficient (Wildman–Crippen LogP) is 5.37. The molecule has 0 aromatic heterocycles. The van der Waals surface area contributed by atoms with Crippen LogP contribution in [0.3, 0.4) is 0 Å². The van der Waals surface area contributed by atoms with E-state index in [1.165, 1.54) is 17.8 Å². The van der Waals surface area contributed by atoms with Crippen LogP contribution in [0.5, 0.6) is 0 Å². The van der Waals surface area contributed by atoms with Gasteiger partial charge in [-0.05, 0) is 54.1 Å². The van der Waals surface area contributed by atoms with Crippen LogP contribution in [0.25, 0.3) is 6.08 Å². The van der Waals surface area contributed by atoms with E-state index in [0.717, 1.165) is 4.90 Å². The smallest absolute Gasteiger partial charge is 0.272 e. The molecule has 3 rings (SSSR count). The first kappa shape index (κ1) is 22.2. The molecule has 0 saturated carbocycles. The van der Waals surface area contributed by atoms with E-state index in [9.17, 15) is 9.59 Å². The second kappa shape index (κ2) is 11.0. The summed E-state index contributed by atoms with van der Waals surface area (Å²) in [7, 11) is 0. The number of hydrogen-bond acceptors (Lipinski definition) is 4. The number of rotatable bonds is 7. The van der Waals surface area contributed by atoms with Gasteiger partial charge in [-0.15, -0.1) is 11.8 Å². The predicted molar refractivity (Wildman–Crippen MR) is 125 cm³/mol. The Kier molecular flexibility index (Phi) is 7.88. The lowest BCUT2D eigenvalue weighted by atomic mass is 10.1. The van der Waals surface area contributed by atoms with Gasteiger partial charge in [0.1, 0.15) is 5.70 Å². The number of amides is 2. The fourth-order valence-electron chi connectivity index (χ4n) is 2.64. The molecule has 154 valence electrons. The van der Waals surface area contributed by atoms with Crippen molar-refractivity contribution < 1.29 is 9.59 Å². The van der Waals surface area contributed by atoms with Crippen molar-refractivity contribution in [2.45, 2.75) is 4.90 Å². The highest BCUT2D eigenvalue weighted by molar-refractivity contribution is 7.99. The fraction of sp³-hybridized carbons (Fsp3) is 0.0417. The Balaban J connectivity index is 1.83. The molecule has 0 fully saturated rings. The molecule has 0 unspecified atom stereocenters. The van der Waals surface area contributed by atoms with Crippen molar-refractivity contribution >= 4 is 46.9 Å². The largest absolute Gasteiger partial charge is 0.321 e. The van der Waals surface area contributed by atoms with Crippen molar-refractivity contribution in [3.63, 3.8) is 0 Å². The molecule has 0 aliphatic rings. The van der Waals surface area contributed by atoms with Crippen LogP contribution in [0, 0.1) is 11.3 Å². The Bertz CT molecular complexity index is 1140. The second-order valence-corrected chi connectivity index (χ2v) is 7.78. The number of nitriles is 1. The van der Waals surface area contributed by atoms with Crippen molar-refractivity contribution in [3.8, 4) is 6.07 Å². The Labute approximate surface area is 189 Å². The summed E-state index contributed by atoms with van der Waals surface area (Å²) in [6.07, 6.45) is 1.54. The van der Waals surface area contributed by atoms with Crippen molar-refractivity contribution in [1.29, 1.82) is 5.26 Å². The van der Waals surface area contributed by atoms with Crippen LogP contribution in [0.1, 0.15) is 15.9 Å². The zero-order chi connectivity index (χ0) is 22.1. The van der Waals surface area contributed by atoms with Crippen LogP contribution < -0.4 is 10.6 Å². The molecule has 7 heteroatoms. The molecule has 0 heterocycles. The van der Waals surface area contributed by atoms with Crippen LogP contribution in [0.2, 0.25) is 5.02 Å². The third-order valence-electron chi connectivity index (χ3n) is 4.15. The van der Waals surface area contributed by atoms with Crippen molar-refractivity contribution in [3.05, 3.63) is 101 Å². The molecule has 0 atom stereocenters. The zero-order valence-electron chi connectivity index (χ0n) is 16.3. The number of anilines is 1. The molecule has 3 aromatic rings. The average molecular weight is 448 g/mol. The minimum absolute atomic E-state index is 0.0601. The van der Waals surface area contributed by atoms with E-state index in [0.29, 0.717) is 27.6 Å². The third kappa shape index (κ3) is 6.48. The number of carbonyl (C=O) groups excluding carboxylic acids is 2. The Hall–Kier alpha value is -3.53. The van der Waals surface area contributed by atoms with Gasteiger partial charge in [-0.2, -0.15) is 5.26 Å². The Morgan fingerprint density at radius 1 is 0.968 bits per heavy atom. The summed E-state index contributed by atoms with van der Waals surface area (Å²) in [5.41, 5.74) is 1.65. The number of benzene rings is 3. The molecule has 3 aromatic carbocycles. The molecule has 0 radical (unpaired) electrons. The summed E-state index contributed by atoms with van der Waals surface area (Å²) in [6.45, 7) is 0. The van der Waals surface area contributed by atoms with E-state index in [4.69, 9.17) is 16.9 Å². The number of nitrogens with zero attached hydrogens (tertiary/aromatic N) is 1. The van der Waals surface area contributed by atoms with Crippen LogP contribution in [0.4, 0.5) is 5.69 Å². The highest BCUT2D eigenvalue weighted by Crippen LogP contribution is 2.21. The first-order valence-corrected chi connectivity index (χ1v) is 10.7. The van der Waals surface area contributed by atoms with Crippen molar-refractivity contribution in [2.24, 2.45) is 0 Å². The van der Waals surface area contributed by atoms with E-state index in [1.54, 1.807) is 60.7 Å². The highest BCUT2D eigenvalue weighted by atomic mass is 35.5. The maximum Gasteiger partial charge on any atom is 0.272 e. The van der Waals surface area contributed by atoms with Gasteiger partial charge in [0.15, 0.2) is 0 Å². The number of nitrogens with one attached hydrogen (secondary N) is 2. The van der Waals surface area contributed by atoms with Crippen molar-refractivity contribution in [2.75, 3.05) is 11.1 Å². The van der Waals surface area contributed by atoms with Gasteiger partial charge in [-0.3, -0.25) is 9.59 Å². The van der Waals surface area contributed by atoms with E-state index in [-0.39, 0.29) is 5.70 Å². The van der Waals surface area contributed by atoms with E-state index >= 15 is 0 Å². The second-order valence-electron chi connectivity index (χ2n) is 6.32. The quantitative estimate of drug-likeness (QED) is 0.377. The first-order chi connectivity index (χ1) is 15.1. The van der Waals surface area contributed by atoms with Gasteiger partial charge in [0.2, 0.25) is 0 Å². The molecular formula is C24H18ClN3O2S. The summed E-state index contributed by atoms with van der Waals surface area (Å²) in [5.74, 6) is -0.541. The highest BCUT2D eigenvalue weighted by Gasteiger charge is 2.15. The monoisotopic (exact) mass is 447 g/mol. The van der Waals surface area contributed by atoms with Gasteiger partial charge in [-0.25, -0.2) is 0 Å². The average Bonchev–Trinajstić information content (AvgIpc) is 2.80. The van der Waals surface area contributed by atoms with E-state index in [2.05, 4.69) is 16.7 Å². The third-order valence-corrected chi connectivity index (χ3v) is 5.37. The Morgan fingerprint density at radius 2 is 1.65 bits per heavy atom. The van der Waals surface area contributed by atoms with E-state index in [1.807, 2.05) is 18.2 Å². The molecule has 2 N–H and O–H groups in total. The summed E-state index contributed by atoms with van der Waals surface area (Å²) < 4.78 is 0. The summed E-state index contributed by atoms with van der Waals surface area (Å²) in [6, 6.07) is 24.9. The molecule has 0 bridgehead atoms. The van der Waals surface area contributed by atoms with Gasteiger partial charge in [0.05, 0.1) is 11.8 Å². The summed E-state index contributed by atoms with van der Waals surface area (Å²) in [5, 5.41) is 14.6. The zero-order valence-corrected chi connectivity index (χ0v) is 17.9. The normalized spacial score (nSPS) is 10.8. The van der Waals surface area contributed by atoms with Gasteiger partial charge in [0.25, 0.3) is 11.8 Å². The number of hydrogen-bond donors (Lipinski definition) is 2. The molecule has 5 nitrogen and oxygen atoms in total. The molecule has 2 amide bonds. The van der Waals surface area contributed by atoms with Crippen LogP contribution >= 0.6 is 23.4 Å². The number of halogens is 1. The maximum atomic E-state index is 13.0. The lowest BCUT2D eigenvalue weighted by Crippen LogP contribution is -2.30. The minimum Gasteiger partial charge on any atom is -0.321 e. The van der Waals surface area contributed by atoms with E-state index < -0.39 is 11.8 Å². The molecule has 0 saturated heterocycles. The SMILES string of the molecule is N#CCSc1ccc(NC(=O)/C(=C/c2ccccc2Cl)NC(=O)c2ccccc2)cc1. The summed E-state index contributed by atoms with van der Waals surface area (Å²) in [4.78, 5) is 26.5. The van der Waals surface area contributed by atoms with Gasteiger partial charge >= 0.3 is 0 Å². The van der Waals surface area contributed by atoms with Gasteiger partial charge in [-0.1, -0.05) is 48.0 Å². The van der Waals surface area contributed by atoms with Crippen LogP contribution in [-0.2, 0) is 4.79 Å². The van der Waals surface area contributed by atoms with Gasteiger partial charge < -0.3 is 10.6 Å². The lowest BCUT2D eigenvalue weighted by molar-refractivity contribution is -0.113. The maximum absolute atomic E-state index is 13.0. The molecule has 0 aliphatic heterocycles.